The quantitative estimate of drug-likeness (QED) is 0.797. The minimum atomic E-state index is 0.219. The molecule has 1 aliphatic carbocycles. The zero-order valence-corrected chi connectivity index (χ0v) is 9.29. The van der Waals surface area contributed by atoms with Gasteiger partial charge in [0.05, 0.1) is 5.92 Å². The SMILES string of the molecule is C[C@@H]1CNC[C@H]1c1nc(C2(C)CC2)no1. The van der Waals surface area contributed by atoms with Gasteiger partial charge in [-0.3, -0.25) is 0 Å². The maximum Gasteiger partial charge on any atom is 0.231 e. The van der Waals surface area contributed by atoms with Crippen LogP contribution in [0, 0.1) is 5.92 Å². The Morgan fingerprint density at radius 3 is 2.80 bits per heavy atom. The average Bonchev–Trinajstić information content (AvgIpc) is 2.70. The average molecular weight is 207 g/mol. The number of rotatable bonds is 2. The molecule has 0 bridgehead atoms. The molecule has 1 aromatic rings. The number of nitrogens with one attached hydrogen (secondary N) is 1. The molecule has 0 aromatic carbocycles. The fourth-order valence-electron chi connectivity index (χ4n) is 2.18. The van der Waals surface area contributed by atoms with Gasteiger partial charge in [0.15, 0.2) is 5.82 Å². The summed E-state index contributed by atoms with van der Waals surface area (Å²) in [5.41, 5.74) is 0.219. The molecule has 1 N–H and O–H groups in total. The van der Waals surface area contributed by atoms with Gasteiger partial charge < -0.3 is 9.84 Å². The van der Waals surface area contributed by atoms with Crippen LogP contribution in [-0.4, -0.2) is 23.2 Å². The van der Waals surface area contributed by atoms with Crippen molar-refractivity contribution in [2.75, 3.05) is 13.1 Å². The molecule has 4 heteroatoms. The molecule has 82 valence electrons. The van der Waals surface area contributed by atoms with Gasteiger partial charge in [0, 0.05) is 12.0 Å². The summed E-state index contributed by atoms with van der Waals surface area (Å²) < 4.78 is 5.38. The first kappa shape index (κ1) is 9.33. The molecular formula is C11H17N3O. The molecule has 0 radical (unpaired) electrons. The maximum atomic E-state index is 5.38. The Kier molecular flexibility index (Phi) is 1.89. The number of hydrogen-bond acceptors (Lipinski definition) is 4. The Bertz CT molecular complexity index is 370. The van der Waals surface area contributed by atoms with E-state index in [1.54, 1.807) is 0 Å². The first-order valence-corrected chi connectivity index (χ1v) is 5.74. The van der Waals surface area contributed by atoms with Gasteiger partial charge in [-0.15, -0.1) is 0 Å². The molecule has 2 atom stereocenters. The lowest BCUT2D eigenvalue weighted by Crippen LogP contribution is -2.09. The van der Waals surface area contributed by atoms with Crippen molar-refractivity contribution in [1.29, 1.82) is 0 Å². The fourth-order valence-corrected chi connectivity index (χ4v) is 2.18. The second-order valence-electron chi connectivity index (χ2n) is 5.26. The van der Waals surface area contributed by atoms with Crippen molar-refractivity contribution in [3.63, 3.8) is 0 Å². The minimum absolute atomic E-state index is 0.219. The molecule has 1 saturated heterocycles. The van der Waals surface area contributed by atoms with Gasteiger partial charge in [0.1, 0.15) is 0 Å². The predicted octanol–water partition coefficient (Wildman–Crippen LogP) is 1.44. The number of nitrogens with zero attached hydrogens (tertiary/aromatic N) is 2. The normalized spacial score (nSPS) is 33.2. The van der Waals surface area contributed by atoms with Crippen LogP contribution in [0.3, 0.4) is 0 Å². The third-order valence-corrected chi connectivity index (χ3v) is 3.82. The monoisotopic (exact) mass is 207 g/mol. The van der Waals surface area contributed by atoms with Crippen molar-refractivity contribution >= 4 is 0 Å². The summed E-state index contributed by atoms with van der Waals surface area (Å²) in [5.74, 6) is 2.76. The van der Waals surface area contributed by atoms with E-state index in [0.717, 1.165) is 24.8 Å². The van der Waals surface area contributed by atoms with Gasteiger partial charge in [0.2, 0.25) is 5.89 Å². The maximum absolute atomic E-state index is 5.38. The van der Waals surface area contributed by atoms with Gasteiger partial charge in [0.25, 0.3) is 0 Å². The Morgan fingerprint density at radius 1 is 1.40 bits per heavy atom. The van der Waals surface area contributed by atoms with E-state index >= 15 is 0 Å². The van der Waals surface area contributed by atoms with E-state index in [0.29, 0.717) is 11.8 Å². The highest BCUT2D eigenvalue weighted by Crippen LogP contribution is 2.46. The van der Waals surface area contributed by atoms with Gasteiger partial charge in [-0.1, -0.05) is 19.0 Å². The van der Waals surface area contributed by atoms with E-state index in [2.05, 4.69) is 29.3 Å². The van der Waals surface area contributed by atoms with Crippen molar-refractivity contribution in [3.05, 3.63) is 11.7 Å². The van der Waals surface area contributed by atoms with Crippen molar-refractivity contribution < 1.29 is 4.52 Å². The highest BCUT2D eigenvalue weighted by Gasteiger charge is 2.44. The lowest BCUT2D eigenvalue weighted by molar-refractivity contribution is 0.334. The Balaban J connectivity index is 1.84. The summed E-state index contributed by atoms with van der Waals surface area (Å²) in [7, 11) is 0. The third kappa shape index (κ3) is 1.47. The summed E-state index contributed by atoms with van der Waals surface area (Å²) in [6.07, 6.45) is 2.40. The molecule has 1 saturated carbocycles. The van der Waals surface area contributed by atoms with Crippen LogP contribution in [0.5, 0.6) is 0 Å². The van der Waals surface area contributed by atoms with Crippen LogP contribution in [0.4, 0.5) is 0 Å². The van der Waals surface area contributed by atoms with E-state index in [4.69, 9.17) is 4.52 Å². The van der Waals surface area contributed by atoms with Crippen LogP contribution in [0.2, 0.25) is 0 Å². The smallest absolute Gasteiger partial charge is 0.231 e. The van der Waals surface area contributed by atoms with Crippen LogP contribution in [0.15, 0.2) is 4.52 Å². The van der Waals surface area contributed by atoms with E-state index < -0.39 is 0 Å². The topological polar surface area (TPSA) is 51.0 Å². The van der Waals surface area contributed by atoms with Crippen molar-refractivity contribution in [2.24, 2.45) is 5.92 Å². The molecule has 0 spiro atoms. The fraction of sp³-hybridized carbons (Fsp3) is 0.818. The van der Waals surface area contributed by atoms with E-state index in [9.17, 15) is 0 Å². The molecule has 2 fully saturated rings. The van der Waals surface area contributed by atoms with Crippen LogP contribution >= 0.6 is 0 Å². The van der Waals surface area contributed by atoms with Gasteiger partial charge >= 0.3 is 0 Å². The standard InChI is InChI=1S/C11H17N3O/c1-7-5-12-6-8(7)9-13-10(14-15-9)11(2)3-4-11/h7-8,12H,3-6H2,1-2H3/t7-,8-/m1/s1. The van der Waals surface area contributed by atoms with Crippen LogP contribution in [0.1, 0.15) is 44.3 Å². The molecule has 1 aliphatic heterocycles. The zero-order valence-electron chi connectivity index (χ0n) is 9.29. The highest BCUT2D eigenvalue weighted by molar-refractivity contribution is 5.15. The molecular weight excluding hydrogens is 190 g/mol. The highest BCUT2D eigenvalue weighted by atomic mass is 16.5. The Hall–Kier alpha value is -0.900. The predicted molar refractivity (Wildman–Crippen MR) is 55.7 cm³/mol. The van der Waals surface area contributed by atoms with E-state index in [1.807, 2.05) is 0 Å². The van der Waals surface area contributed by atoms with Crippen molar-refractivity contribution in [1.82, 2.24) is 15.5 Å². The van der Waals surface area contributed by atoms with Crippen LogP contribution < -0.4 is 5.32 Å². The first-order valence-electron chi connectivity index (χ1n) is 5.74. The Morgan fingerprint density at radius 2 is 2.20 bits per heavy atom. The van der Waals surface area contributed by atoms with Crippen LogP contribution in [-0.2, 0) is 5.41 Å². The lowest BCUT2D eigenvalue weighted by Gasteiger charge is -2.07. The molecule has 0 amide bonds. The first-order chi connectivity index (χ1) is 7.19. The number of hydrogen-bond donors (Lipinski definition) is 1. The van der Waals surface area contributed by atoms with Gasteiger partial charge in [-0.05, 0) is 25.3 Å². The summed E-state index contributed by atoms with van der Waals surface area (Å²) >= 11 is 0. The second kappa shape index (κ2) is 3.04. The van der Waals surface area contributed by atoms with Crippen LogP contribution in [0.25, 0.3) is 0 Å². The van der Waals surface area contributed by atoms with Gasteiger partial charge in [-0.2, -0.15) is 4.98 Å². The van der Waals surface area contributed by atoms with Crippen molar-refractivity contribution in [2.45, 2.75) is 38.0 Å². The Labute approximate surface area is 89.4 Å². The largest absolute Gasteiger partial charge is 0.339 e. The molecule has 2 heterocycles. The summed E-state index contributed by atoms with van der Waals surface area (Å²) in [6.45, 7) is 6.46. The summed E-state index contributed by atoms with van der Waals surface area (Å²) in [4.78, 5) is 4.56. The van der Waals surface area contributed by atoms with E-state index in [1.165, 1.54) is 12.8 Å². The minimum Gasteiger partial charge on any atom is -0.339 e. The molecule has 2 aliphatic rings. The summed E-state index contributed by atoms with van der Waals surface area (Å²) in [5, 5.41) is 7.47. The molecule has 0 unspecified atom stereocenters. The lowest BCUT2D eigenvalue weighted by atomic mass is 9.98. The summed E-state index contributed by atoms with van der Waals surface area (Å²) in [6, 6.07) is 0. The third-order valence-electron chi connectivity index (χ3n) is 3.82. The molecule has 4 nitrogen and oxygen atoms in total. The van der Waals surface area contributed by atoms with E-state index in [-0.39, 0.29) is 5.41 Å². The second-order valence-corrected chi connectivity index (χ2v) is 5.26. The molecule has 3 rings (SSSR count). The zero-order chi connectivity index (χ0) is 10.5. The molecule has 1 aromatic heterocycles. The van der Waals surface area contributed by atoms with Gasteiger partial charge in [-0.25, -0.2) is 0 Å². The number of aromatic nitrogens is 2. The van der Waals surface area contributed by atoms with Crippen molar-refractivity contribution in [3.8, 4) is 0 Å². The molecule has 15 heavy (non-hydrogen) atoms.